The van der Waals surface area contributed by atoms with Gasteiger partial charge in [0.25, 0.3) is 0 Å². The van der Waals surface area contributed by atoms with E-state index in [1.807, 2.05) is 12.3 Å². The maximum absolute atomic E-state index is 5.79. The summed E-state index contributed by atoms with van der Waals surface area (Å²) in [5.41, 5.74) is 2.33. The highest BCUT2D eigenvalue weighted by Crippen LogP contribution is 2.21. The zero-order chi connectivity index (χ0) is 13.7. The molecule has 0 saturated carbocycles. The second-order valence-electron chi connectivity index (χ2n) is 5.20. The fourth-order valence-corrected chi connectivity index (χ4v) is 1.99. The van der Waals surface area contributed by atoms with Crippen LogP contribution in [0.4, 0.5) is 0 Å². The zero-order valence-electron chi connectivity index (χ0n) is 11.9. The zero-order valence-corrected chi connectivity index (χ0v) is 11.9. The van der Waals surface area contributed by atoms with Gasteiger partial charge in [-0.2, -0.15) is 0 Å². The van der Waals surface area contributed by atoms with Crippen molar-refractivity contribution in [3.63, 3.8) is 0 Å². The van der Waals surface area contributed by atoms with E-state index in [1.54, 1.807) is 0 Å². The number of aryl methyl sites for hydroxylation is 2. The minimum atomic E-state index is 0.535. The van der Waals surface area contributed by atoms with E-state index in [1.165, 1.54) is 5.56 Å². The van der Waals surface area contributed by atoms with Crippen LogP contribution in [0.2, 0.25) is 0 Å². The van der Waals surface area contributed by atoms with Crippen LogP contribution in [0.5, 0.6) is 0 Å². The van der Waals surface area contributed by atoms with Crippen LogP contribution in [0.1, 0.15) is 31.7 Å². The number of oxazole rings is 1. The van der Waals surface area contributed by atoms with Crippen LogP contribution in [0.3, 0.4) is 0 Å². The summed E-state index contributed by atoms with van der Waals surface area (Å²) < 4.78 is 5.79. The minimum absolute atomic E-state index is 0.535. The molecular formula is C16H22N2O. The highest BCUT2D eigenvalue weighted by molar-refractivity contribution is 5.57. The van der Waals surface area contributed by atoms with Crippen molar-refractivity contribution in [3.05, 3.63) is 41.9 Å². The summed E-state index contributed by atoms with van der Waals surface area (Å²) in [6.07, 6.45) is 3.75. The standard InChI is InChI=1S/C16H22N2O/c1-12(2)17-9-5-8-16-18-11-15(19-16)14-7-4-6-13(3)10-14/h4,6-7,10-12,17H,5,8-9H2,1-3H3. The fraction of sp³-hybridized carbons (Fsp3) is 0.438. The second kappa shape index (κ2) is 6.53. The Hall–Kier alpha value is -1.61. The van der Waals surface area contributed by atoms with Gasteiger partial charge in [-0.1, -0.05) is 37.6 Å². The predicted molar refractivity (Wildman–Crippen MR) is 78.1 cm³/mol. The molecule has 19 heavy (non-hydrogen) atoms. The normalized spacial score (nSPS) is 11.2. The Labute approximate surface area is 115 Å². The molecule has 1 heterocycles. The van der Waals surface area contributed by atoms with Crippen LogP contribution in [-0.4, -0.2) is 17.6 Å². The van der Waals surface area contributed by atoms with Crippen LogP contribution >= 0.6 is 0 Å². The SMILES string of the molecule is Cc1cccc(-c2cnc(CCCNC(C)C)o2)c1. The average Bonchev–Trinajstić information content (AvgIpc) is 2.83. The van der Waals surface area contributed by atoms with Gasteiger partial charge in [0.05, 0.1) is 6.20 Å². The molecule has 1 N–H and O–H groups in total. The van der Waals surface area contributed by atoms with E-state index in [4.69, 9.17) is 4.42 Å². The van der Waals surface area contributed by atoms with Crippen LogP contribution in [0.25, 0.3) is 11.3 Å². The van der Waals surface area contributed by atoms with Crippen molar-refractivity contribution in [2.24, 2.45) is 0 Å². The van der Waals surface area contributed by atoms with Gasteiger partial charge in [-0.3, -0.25) is 0 Å². The molecule has 0 saturated heterocycles. The number of nitrogens with zero attached hydrogens (tertiary/aromatic N) is 1. The number of benzene rings is 1. The molecule has 2 aromatic rings. The third-order valence-electron chi connectivity index (χ3n) is 2.98. The Kier molecular flexibility index (Phi) is 4.74. The summed E-state index contributed by atoms with van der Waals surface area (Å²) in [5, 5.41) is 3.39. The second-order valence-corrected chi connectivity index (χ2v) is 5.20. The van der Waals surface area contributed by atoms with Gasteiger partial charge in [0.15, 0.2) is 11.7 Å². The third kappa shape index (κ3) is 4.21. The van der Waals surface area contributed by atoms with E-state index in [2.05, 4.69) is 49.3 Å². The molecule has 0 spiro atoms. The van der Waals surface area contributed by atoms with Gasteiger partial charge >= 0.3 is 0 Å². The summed E-state index contributed by atoms with van der Waals surface area (Å²) in [4.78, 5) is 4.34. The molecule has 0 bridgehead atoms. The molecule has 0 amide bonds. The Morgan fingerprint density at radius 3 is 2.89 bits per heavy atom. The van der Waals surface area contributed by atoms with Gasteiger partial charge in [-0.15, -0.1) is 0 Å². The van der Waals surface area contributed by atoms with E-state index in [9.17, 15) is 0 Å². The summed E-state index contributed by atoms with van der Waals surface area (Å²) in [5.74, 6) is 1.68. The van der Waals surface area contributed by atoms with Crippen molar-refractivity contribution in [2.75, 3.05) is 6.54 Å². The van der Waals surface area contributed by atoms with Crippen LogP contribution in [0, 0.1) is 6.92 Å². The van der Waals surface area contributed by atoms with Crippen molar-refractivity contribution in [3.8, 4) is 11.3 Å². The van der Waals surface area contributed by atoms with Gasteiger partial charge in [0.2, 0.25) is 0 Å². The third-order valence-corrected chi connectivity index (χ3v) is 2.98. The molecule has 0 atom stereocenters. The lowest BCUT2D eigenvalue weighted by Gasteiger charge is -2.05. The lowest BCUT2D eigenvalue weighted by molar-refractivity contribution is 0.484. The van der Waals surface area contributed by atoms with Crippen molar-refractivity contribution in [1.29, 1.82) is 0 Å². The average molecular weight is 258 g/mol. The molecule has 3 nitrogen and oxygen atoms in total. The Morgan fingerprint density at radius 1 is 1.32 bits per heavy atom. The van der Waals surface area contributed by atoms with Crippen molar-refractivity contribution < 1.29 is 4.42 Å². The first-order valence-electron chi connectivity index (χ1n) is 6.90. The van der Waals surface area contributed by atoms with Gasteiger partial charge in [-0.25, -0.2) is 4.98 Å². The number of hydrogen-bond acceptors (Lipinski definition) is 3. The first kappa shape index (κ1) is 13.8. The van der Waals surface area contributed by atoms with E-state index in [0.717, 1.165) is 36.6 Å². The lowest BCUT2D eigenvalue weighted by Crippen LogP contribution is -2.23. The Balaban J connectivity index is 1.92. The summed E-state index contributed by atoms with van der Waals surface area (Å²) >= 11 is 0. The summed E-state index contributed by atoms with van der Waals surface area (Å²) in [6.45, 7) is 7.39. The van der Waals surface area contributed by atoms with E-state index >= 15 is 0 Å². The van der Waals surface area contributed by atoms with Gasteiger partial charge < -0.3 is 9.73 Å². The number of rotatable bonds is 6. The molecule has 0 aliphatic carbocycles. The lowest BCUT2D eigenvalue weighted by atomic mass is 10.1. The molecule has 1 aromatic heterocycles. The molecule has 0 aliphatic rings. The molecule has 0 aliphatic heterocycles. The maximum atomic E-state index is 5.79. The van der Waals surface area contributed by atoms with E-state index < -0.39 is 0 Å². The van der Waals surface area contributed by atoms with Crippen LogP contribution < -0.4 is 5.32 Å². The largest absolute Gasteiger partial charge is 0.441 e. The maximum Gasteiger partial charge on any atom is 0.194 e. The van der Waals surface area contributed by atoms with Crippen molar-refractivity contribution in [2.45, 2.75) is 39.7 Å². The molecular weight excluding hydrogens is 236 g/mol. The van der Waals surface area contributed by atoms with E-state index in [-0.39, 0.29) is 0 Å². The molecule has 0 fully saturated rings. The monoisotopic (exact) mass is 258 g/mol. The highest BCUT2D eigenvalue weighted by Gasteiger charge is 2.06. The topological polar surface area (TPSA) is 38.1 Å². The van der Waals surface area contributed by atoms with Crippen LogP contribution in [-0.2, 0) is 6.42 Å². The van der Waals surface area contributed by atoms with Crippen molar-refractivity contribution >= 4 is 0 Å². The van der Waals surface area contributed by atoms with Crippen LogP contribution in [0.15, 0.2) is 34.9 Å². The fourth-order valence-electron chi connectivity index (χ4n) is 1.99. The van der Waals surface area contributed by atoms with Gasteiger partial charge in [0.1, 0.15) is 0 Å². The van der Waals surface area contributed by atoms with E-state index in [0.29, 0.717) is 6.04 Å². The highest BCUT2D eigenvalue weighted by atomic mass is 16.4. The predicted octanol–water partition coefficient (Wildman–Crippen LogP) is 3.58. The summed E-state index contributed by atoms with van der Waals surface area (Å²) in [6, 6.07) is 8.83. The summed E-state index contributed by atoms with van der Waals surface area (Å²) in [7, 11) is 0. The quantitative estimate of drug-likeness (QED) is 0.805. The molecule has 0 unspecified atom stereocenters. The van der Waals surface area contributed by atoms with Gasteiger partial charge in [-0.05, 0) is 26.0 Å². The Bertz CT molecular complexity index is 517. The first-order valence-corrected chi connectivity index (χ1v) is 6.90. The molecule has 1 aromatic carbocycles. The first-order chi connectivity index (χ1) is 9.15. The molecule has 0 radical (unpaired) electrons. The molecule has 3 heteroatoms. The van der Waals surface area contributed by atoms with Crippen molar-refractivity contribution in [1.82, 2.24) is 10.3 Å². The van der Waals surface area contributed by atoms with Gasteiger partial charge in [0, 0.05) is 18.0 Å². The number of nitrogens with one attached hydrogen (secondary N) is 1. The minimum Gasteiger partial charge on any atom is -0.441 e. The number of hydrogen-bond donors (Lipinski definition) is 1. The number of aromatic nitrogens is 1. The Morgan fingerprint density at radius 2 is 2.16 bits per heavy atom. The smallest absolute Gasteiger partial charge is 0.194 e. The molecule has 2 rings (SSSR count). The molecule has 102 valence electrons.